The number of carbonyl (C=O) groups is 2. The molecule has 0 bridgehead atoms. The molecule has 4 rings (SSSR count). The maximum atomic E-state index is 12.7. The molecule has 0 atom stereocenters. The quantitative estimate of drug-likeness (QED) is 0.638. The van der Waals surface area contributed by atoms with Crippen LogP contribution in [0.4, 0.5) is 5.69 Å². The number of amides is 2. The molecule has 2 N–H and O–H groups in total. The molecule has 0 aliphatic carbocycles. The minimum atomic E-state index is -0.255. The Morgan fingerprint density at radius 3 is 2.41 bits per heavy atom. The van der Waals surface area contributed by atoms with Crippen LogP contribution in [0, 0.1) is 13.8 Å². The first-order valence-corrected chi connectivity index (χ1v) is 10.5. The Kier molecular flexibility index (Phi) is 6.16. The van der Waals surface area contributed by atoms with Crippen LogP contribution in [-0.4, -0.2) is 57.1 Å². The van der Waals surface area contributed by atoms with Crippen molar-refractivity contribution in [2.24, 2.45) is 0 Å². The lowest BCUT2D eigenvalue weighted by atomic mass is 9.95. The van der Waals surface area contributed by atoms with E-state index in [9.17, 15) is 9.59 Å². The molecule has 1 fully saturated rings. The van der Waals surface area contributed by atoms with Gasteiger partial charge in [0.25, 0.3) is 11.8 Å². The Morgan fingerprint density at radius 2 is 1.81 bits per heavy atom. The molecule has 0 spiro atoms. The molecule has 3 heterocycles. The van der Waals surface area contributed by atoms with E-state index < -0.39 is 0 Å². The lowest BCUT2D eigenvalue weighted by Gasteiger charge is -2.31. The lowest BCUT2D eigenvalue weighted by Crippen LogP contribution is -2.38. The molecule has 3 aromatic rings. The van der Waals surface area contributed by atoms with Crippen molar-refractivity contribution in [3.8, 4) is 5.75 Å². The molecule has 0 radical (unpaired) electrons. The van der Waals surface area contributed by atoms with E-state index >= 15 is 0 Å². The zero-order chi connectivity index (χ0) is 22.7. The van der Waals surface area contributed by atoms with Gasteiger partial charge in [-0.2, -0.15) is 5.10 Å². The summed E-state index contributed by atoms with van der Waals surface area (Å²) in [5.41, 5.74) is 3.13. The molecule has 1 saturated heterocycles. The van der Waals surface area contributed by atoms with Crippen molar-refractivity contribution < 1.29 is 14.3 Å². The fraction of sp³-hybridized carbons (Fsp3) is 0.348. The number of hydrogen-bond acceptors (Lipinski definition) is 6. The molecular weight excluding hydrogens is 408 g/mol. The van der Waals surface area contributed by atoms with Gasteiger partial charge in [-0.25, -0.2) is 9.97 Å². The van der Waals surface area contributed by atoms with Gasteiger partial charge >= 0.3 is 0 Å². The average molecular weight is 435 g/mol. The van der Waals surface area contributed by atoms with Crippen LogP contribution in [0.25, 0.3) is 0 Å². The van der Waals surface area contributed by atoms with E-state index in [-0.39, 0.29) is 17.7 Å². The molecule has 2 aromatic heterocycles. The monoisotopic (exact) mass is 434 g/mol. The third-order valence-corrected chi connectivity index (χ3v) is 5.80. The van der Waals surface area contributed by atoms with Gasteiger partial charge in [0.2, 0.25) is 0 Å². The molecule has 166 valence electrons. The lowest BCUT2D eigenvalue weighted by molar-refractivity contribution is 0.0710. The maximum Gasteiger partial charge on any atom is 0.259 e. The fourth-order valence-electron chi connectivity index (χ4n) is 3.85. The number of carbonyl (C=O) groups excluding carboxylic acids is 2. The number of ether oxygens (including phenoxy) is 1. The third kappa shape index (κ3) is 4.46. The van der Waals surface area contributed by atoms with Crippen molar-refractivity contribution in [2.45, 2.75) is 32.6 Å². The second-order valence-corrected chi connectivity index (χ2v) is 7.89. The summed E-state index contributed by atoms with van der Waals surface area (Å²) in [4.78, 5) is 36.3. The summed E-state index contributed by atoms with van der Waals surface area (Å²) in [7, 11) is 1.60. The molecule has 2 amide bonds. The first-order valence-electron chi connectivity index (χ1n) is 10.5. The Balaban J connectivity index is 1.38. The van der Waals surface area contributed by atoms with Crippen molar-refractivity contribution in [1.82, 2.24) is 25.1 Å². The van der Waals surface area contributed by atoms with Gasteiger partial charge in [-0.1, -0.05) is 0 Å². The maximum absolute atomic E-state index is 12.7. The summed E-state index contributed by atoms with van der Waals surface area (Å²) in [6.45, 7) is 4.93. The predicted molar refractivity (Wildman–Crippen MR) is 119 cm³/mol. The van der Waals surface area contributed by atoms with Crippen molar-refractivity contribution in [3.05, 3.63) is 65.0 Å². The molecule has 0 unspecified atom stereocenters. The second-order valence-electron chi connectivity index (χ2n) is 7.89. The summed E-state index contributed by atoms with van der Waals surface area (Å²) >= 11 is 0. The van der Waals surface area contributed by atoms with Crippen LogP contribution in [-0.2, 0) is 0 Å². The van der Waals surface area contributed by atoms with Gasteiger partial charge in [-0.3, -0.25) is 14.7 Å². The number of aromatic amines is 1. The minimum absolute atomic E-state index is 0.00245. The van der Waals surface area contributed by atoms with E-state index in [1.807, 2.05) is 18.7 Å². The summed E-state index contributed by atoms with van der Waals surface area (Å²) in [6.07, 6.45) is 4.72. The highest BCUT2D eigenvalue weighted by molar-refractivity contribution is 6.04. The van der Waals surface area contributed by atoms with Gasteiger partial charge in [-0.15, -0.1) is 0 Å². The summed E-state index contributed by atoms with van der Waals surface area (Å²) < 4.78 is 5.13. The number of benzene rings is 1. The Bertz CT molecular complexity index is 1120. The molecule has 9 nitrogen and oxygen atoms in total. The minimum Gasteiger partial charge on any atom is -0.497 e. The SMILES string of the molecule is COc1ccc(NC(=O)c2cnc(C3CCN(C(=O)c4cn[nH]c4C)CC3)nc2C)cc1. The number of H-pyrrole nitrogens is 1. The van der Waals surface area contributed by atoms with Crippen LogP contribution in [0.1, 0.15) is 56.7 Å². The first kappa shape index (κ1) is 21.5. The van der Waals surface area contributed by atoms with Crippen molar-refractivity contribution in [1.29, 1.82) is 0 Å². The predicted octanol–water partition coefficient (Wildman–Crippen LogP) is 3.10. The Labute approximate surface area is 186 Å². The number of piperidine rings is 1. The number of nitrogens with zero attached hydrogens (tertiary/aromatic N) is 4. The third-order valence-electron chi connectivity index (χ3n) is 5.80. The van der Waals surface area contributed by atoms with Crippen molar-refractivity contribution in [2.75, 3.05) is 25.5 Å². The smallest absolute Gasteiger partial charge is 0.259 e. The number of methoxy groups -OCH3 is 1. The number of hydrogen-bond donors (Lipinski definition) is 2. The zero-order valence-electron chi connectivity index (χ0n) is 18.4. The number of nitrogens with one attached hydrogen (secondary N) is 2. The Morgan fingerprint density at radius 1 is 1.09 bits per heavy atom. The van der Waals surface area contributed by atoms with Crippen molar-refractivity contribution in [3.63, 3.8) is 0 Å². The molecule has 0 saturated carbocycles. The van der Waals surface area contributed by atoms with Gasteiger partial charge in [0.1, 0.15) is 11.6 Å². The fourth-order valence-corrected chi connectivity index (χ4v) is 3.85. The molecular formula is C23H26N6O3. The van der Waals surface area contributed by atoms with Crippen LogP contribution in [0.5, 0.6) is 5.75 Å². The summed E-state index contributed by atoms with van der Waals surface area (Å²) in [5.74, 6) is 1.34. The highest BCUT2D eigenvalue weighted by atomic mass is 16.5. The number of anilines is 1. The van der Waals surface area contributed by atoms with Crippen molar-refractivity contribution >= 4 is 17.5 Å². The van der Waals surface area contributed by atoms with Crippen LogP contribution in [0.3, 0.4) is 0 Å². The summed E-state index contributed by atoms with van der Waals surface area (Å²) in [5, 5.41) is 9.60. The van der Waals surface area contributed by atoms with Gasteiger partial charge in [-0.05, 0) is 51.0 Å². The van der Waals surface area contributed by atoms with Crippen LogP contribution >= 0.6 is 0 Å². The van der Waals surface area contributed by atoms with Crippen LogP contribution in [0.2, 0.25) is 0 Å². The van der Waals surface area contributed by atoms with E-state index in [1.54, 1.807) is 43.8 Å². The normalized spacial score (nSPS) is 14.3. The highest BCUT2D eigenvalue weighted by Crippen LogP contribution is 2.27. The number of rotatable bonds is 5. The van der Waals surface area contributed by atoms with Gasteiger partial charge in [0.05, 0.1) is 30.1 Å². The molecule has 1 aliphatic heterocycles. The zero-order valence-corrected chi connectivity index (χ0v) is 18.4. The van der Waals surface area contributed by atoms with Crippen LogP contribution in [0.15, 0.2) is 36.7 Å². The second kappa shape index (κ2) is 9.17. The number of likely N-dealkylation sites (tertiary alicyclic amines) is 1. The topological polar surface area (TPSA) is 113 Å². The van der Waals surface area contributed by atoms with Gasteiger partial charge < -0.3 is 15.0 Å². The van der Waals surface area contributed by atoms with E-state index in [2.05, 4.69) is 25.5 Å². The molecule has 1 aromatic carbocycles. The highest BCUT2D eigenvalue weighted by Gasteiger charge is 2.27. The van der Waals surface area contributed by atoms with E-state index in [1.165, 1.54) is 0 Å². The standard InChI is InChI=1S/C23H26N6O3/c1-14-19(22(30)27-17-4-6-18(32-3)7-5-17)12-24-21(26-14)16-8-10-29(11-9-16)23(31)20-13-25-28-15(20)2/h4-7,12-13,16H,8-11H2,1-3H3,(H,25,28)(H,27,30). The molecule has 9 heteroatoms. The van der Waals surface area contributed by atoms with E-state index in [0.29, 0.717) is 35.6 Å². The van der Waals surface area contributed by atoms with E-state index in [0.717, 1.165) is 30.1 Å². The van der Waals surface area contributed by atoms with Crippen LogP contribution < -0.4 is 10.1 Å². The Hall–Kier alpha value is -3.75. The van der Waals surface area contributed by atoms with Gasteiger partial charge in [0.15, 0.2) is 0 Å². The average Bonchev–Trinajstić information content (AvgIpc) is 3.25. The van der Waals surface area contributed by atoms with E-state index in [4.69, 9.17) is 4.74 Å². The molecule has 1 aliphatic rings. The largest absolute Gasteiger partial charge is 0.497 e. The number of aryl methyl sites for hydroxylation is 2. The number of aromatic nitrogens is 4. The van der Waals surface area contributed by atoms with Gasteiger partial charge in [0, 0.05) is 36.6 Å². The summed E-state index contributed by atoms with van der Waals surface area (Å²) in [6, 6.07) is 7.13. The molecule has 32 heavy (non-hydrogen) atoms. The first-order chi connectivity index (χ1) is 15.5.